The van der Waals surface area contributed by atoms with Crippen LogP contribution in [0.15, 0.2) is 24.3 Å². The van der Waals surface area contributed by atoms with Crippen LogP contribution in [0.2, 0.25) is 0 Å². The number of likely N-dealkylation sites (tertiary alicyclic amines) is 1. The van der Waals surface area contributed by atoms with Crippen molar-refractivity contribution in [3.05, 3.63) is 24.3 Å². The van der Waals surface area contributed by atoms with Crippen LogP contribution in [0.4, 0.5) is 16.2 Å². The van der Waals surface area contributed by atoms with E-state index < -0.39 is 0 Å². The molecule has 0 bridgehead atoms. The Hall–Kier alpha value is -2.04. The molecule has 3 unspecified atom stereocenters. The number of rotatable bonds is 2. The van der Waals surface area contributed by atoms with Gasteiger partial charge in [0.1, 0.15) is 0 Å². The van der Waals surface area contributed by atoms with Gasteiger partial charge in [-0.05, 0) is 42.9 Å². The Kier molecular flexibility index (Phi) is 4.78. The fraction of sp³-hybridized carbons (Fsp3) is 0.579. The summed E-state index contributed by atoms with van der Waals surface area (Å²) in [5, 5.41) is 3.02. The molecule has 1 aliphatic carbocycles. The van der Waals surface area contributed by atoms with Crippen molar-refractivity contribution in [1.82, 2.24) is 4.90 Å². The maximum Gasteiger partial charge on any atom is 0.322 e. The van der Waals surface area contributed by atoms with Gasteiger partial charge in [-0.15, -0.1) is 0 Å². The fourth-order valence-corrected chi connectivity index (χ4v) is 4.17. The number of fused-ring (bicyclic) bond motifs is 1. The summed E-state index contributed by atoms with van der Waals surface area (Å²) in [6.45, 7) is 4.63. The fourth-order valence-electron chi connectivity index (χ4n) is 4.17. The summed E-state index contributed by atoms with van der Waals surface area (Å²) in [6, 6.07) is 7.81. The summed E-state index contributed by atoms with van der Waals surface area (Å²) in [6.07, 6.45) is 4.88. The van der Waals surface area contributed by atoms with Crippen molar-refractivity contribution in [2.24, 2.45) is 11.8 Å². The highest BCUT2D eigenvalue weighted by Crippen LogP contribution is 2.39. The van der Waals surface area contributed by atoms with Crippen molar-refractivity contribution in [3.63, 3.8) is 0 Å². The molecule has 3 atom stereocenters. The van der Waals surface area contributed by atoms with Crippen molar-refractivity contribution in [3.8, 4) is 0 Å². The van der Waals surface area contributed by atoms with Gasteiger partial charge in [-0.3, -0.25) is 4.79 Å². The molecule has 24 heavy (non-hydrogen) atoms. The molecule has 0 aromatic heterocycles. The Morgan fingerprint density at radius 1 is 1.25 bits per heavy atom. The highest BCUT2D eigenvalue weighted by Gasteiger charge is 2.42. The second-order valence-electron chi connectivity index (χ2n) is 7.20. The lowest BCUT2D eigenvalue weighted by Gasteiger charge is -2.32. The third-order valence-electron chi connectivity index (χ3n) is 5.62. The maximum absolute atomic E-state index is 12.8. The van der Waals surface area contributed by atoms with E-state index in [1.807, 2.05) is 29.2 Å². The van der Waals surface area contributed by atoms with Gasteiger partial charge in [0.2, 0.25) is 5.91 Å². The number of amides is 3. The van der Waals surface area contributed by atoms with Crippen LogP contribution in [0.25, 0.3) is 0 Å². The van der Waals surface area contributed by atoms with Crippen molar-refractivity contribution in [2.45, 2.75) is 45.6 Å². The minimum atomic E-state index is -0.0307. The minimum absolute atomic E-state index is 0.0149. The number of carbonyl (C=O) groups excluding carboxylic acids is 2. The van der Waals surface area contributed by atoms with Gasteiger partial charge >= 0.3 is 6.03 Å². The zero-order valence-corrected chi connectivity index (χ0v) is 14.8. The Bertz CT molecular complexity index is 631. The molecule has 1 aliphatic heterocycles. The normalized spacial score (nSPS) is 26.0. The molecule has 1 N–H and O–H groups in total. The SMILES string of the molecule is CC(=O)N(C)c1cccc(NC(=O)N2CC(C)C3CCCCC32)c1. The highest BCUT2D eigenvalue weighted by molar-refractivity contribution is 5.93. The molecule has 0 spiro atoms. The number of anilines is 2. The summed E-state index contributed by atoms with van der Waals surface area (Å²) in [5.41, 5.74) is 1.52. The predicted molar refractivity (Wildman–Crippen MR) is 96.2 cm³/mol. The van der Waals surface area contributed by atoms with E-state index in [2.05, 4.69) is 12.2 Å². The van der Waals surface area contributed by atoms with E-state index in [1.165, 1.54) is 26.2 Å². The quantitative estimate of drug-likeness (QED) is 0.899. The van der Waals surface area contributed by atoms with E-state index in [9.17, 15) is 9.59 Å². The van der Waals surface area contributed by atoms with Gasteiger partial charge in [-0.1, -0.05) is 25.8 Å². The Labute approximate surface area is 144 Å². The van der Waals surface area contributed by atoms with Crippen LogP contribution in [-0.4, -0.2) is 36.5 Å². The third kappa shape index (κ3) is 3.25. The van der Waals surface area contributed by atoms with Crippen molar-refractivity contribution in [1.29, 1.82) is 0 Å². The monoisotopic (exact) mass is 329 g/mol. The van der Waals surface area contributed by atoms with Crippen LogP contribution in [0.3, 0.4) is 0 Å². The van der Waals surface area contributed by atoms with E-state index in [0.29, 0.717) is 17.9 Å². The number of benzene rings is 1. The van der Waals surface area contributed by atoms with Gasteiger partial charge in [0.25, 0.3) is 0 Å². The largest absolute Gasteiger partial charge is 0.322 e. The first-order chi connectivity index (χ1) is 11.5. The second kappa shape index (κ2) is 6.83. The van der Waals surface area contributed by atoms with Gasteiger partial charge in [-0.2, -0.15) is 0 Å². The van der Waals surface area contributed by atoms with Crippen LogP contribution in [0.1, 0.15) is 39.5 Å². The topological polar surface area (TPSA) is 52.7 Å². The first kappa shape index (κ1) is 16.8. The van der Waals surface area contributed by atoms with E-state index in [-0.39, 0.29) is 11.9 Å². The Morgan fingerprint density at radius 3 is 2.75 bits per heavy atom. The average molecular weight is 329 g/mol. The number of carbonyl (C=O) groups is 2. The smallest absolute Gasteiger partial charge is 0.321 e. The lowest BCUT2D eigenvalue weighted by atomic mass is 9.80. The average Bonchev–Trinajstić information content (AvgIpc) is 2.92. The van der Waals surface area contributed by atoms with Gasteiger partial charge in [0.15, 0.2) is 0 Å². The van der Waals surface area contributed by atoms with Gasteiger partial charge in [0, 0.05) is 37.9 Å². The first-order valence-corrected chi connectivity index (χ1v) is 8.89. The van der Waals surface area contributed by atoms with E-state index in [0.717, 1.165) is 24.3 Å². The lowest BCUT2D eigenvalue weighted by molar-refractivity contribution is -0.116. The molecular weight excluding hydrogens is 302 g/mol. The molecule has 1 aromatic rings. The molecule has 5 heteroatoms. The van der Waals surface area contributed by atoms with Crippen LogP contribution in [-0.2, 0) is 4.79 Å². The lowest BCUT2D eigenvalue weighted by Crippen LogP contribution is -2.41. The van der Waals surface area contributed by atoms with E-state index in [4.69, 9.17) is 0 Å². The molecule has 0 radical (unpaired) electrons. The van der Waals surface area contributed by atoms with Crippen LogP contribution >= 0.6 is 0 Å². The number of nitrogens with one attached hydrogen (secondary N) is 1. The first-order valence-electron chi connectivity index (χ1n) is 8.89. The zero-order chi connectivity index (χ0) is 17.3. The number of nitrogens with zero attached hydrogens (tertiary/aromatic N) is 2. The second-order valence-corrected chi connectivity index (χ2v) is 7.20. The summed E-state index contributed by atoms with van der Waals surface area (Å²) in [4.78, 5) is 27.9. The van der Waals surface area contributed by atoms with Crippen molar-refractivity contribution in [2.75, 3.05) is 23.8 Å². The molecule has 2 aliphatic rings. The van der Waals surface area contributed by atoms with E-state index >= 15 is 0 Å². The number of hydrogen-bond donors (Lipinski definition) is 1. The van der Waals surface area contributed by atoms with Crippen molar-refractivity contribution < 1.29 is 9.59 Å². The van der Waals surface area contributed by atoms with E-state index in [1.54, 1.807) is 11.9 Å². The summed E-state index contributed by atoms with van der Waals surface area (Å²) < 4.78 is 0. The molecule has 1 saturated heterocycles. The molecular formula is C19H27N3O2. The highest BCUT2D eigenvalue weighted by atomic mass is 16.2. The summed E-state index contributed by atoms with van der Waals surface area (Å²) in [5.74, 6) is 1.20. The third-order valence-corrected chi connectivity index (χ3v) is 5.62. The standard InChI is InChI=1S/C19H27N3O2/c1-13-12-22(18-10-5-4-9-17(13)18)19(24)20-15-7-6-8-16(11-15)21(3)14(2)23/h6-8,11,13,17-18H,4-5,9-10,12H2,1-3H3,(H,20,24). The molecule has 1 saturated carbocycles. The maximum atomic E-state index is 12.8. The van der Waals surface area contributed by atoms with Gasteiger partial charge in [0.05, 0.1) is 0 Å². The zero-order valence-electron chi connectivity index (χ0n) is 14.8. The van der Waals surface area contributed by atoms with Crippen LogP contribution < -0.4 is 10.2 Å². The number of urea groups is 1. The van der Waals surface area contributed by atoms with Crippen molar-refractivity contribution >= 4 is 23.3 Å². The van der Waals surface area contributed by atoms with Gasteiger partial charge < -0.3 is 15.1 Å². The molecule has 3 amide bonds. The van der Waals surface area contributed by atoms with Gasteiger partial charge in [-0.25, -0.2) is 4.79 Å². The predicted octanol–water partition coefficient (Wildman–Crippen LogP) is 3.71. The molecule has 3 rings (SSSR count). The molecule has 2 fully saturated rings. The molecule has 1 heterocycles. The molecule has 130 valence electrons. The van der Waals surface area contributed by atoms with Crippen LogP contribution in [0, 0.1) is 11.8 Å². The summed E-state index contributed by atoms with van der Waals surface area (Å²) in [7, 11) is 1.73. The van der Waals surface area contributed by atoms with Crippen LogP contribution in [0.5, 0.6) is 0 Å². The minimum Gasteiger partial charge on any atom is -0.321 e. The summed E-state index contributed by atoms with van der Waals surface area (Å²) >= 11 is 0. The molecule has 5 nitrogen and oxygen atoms in total. The molecule has 1 aromatic carbocycles. The Balaban J connectivity index is 1.71. The number of hydrogen-bond acceptors (Lipinski definition) is 2. The Morgan fingerprint density at radius 2 is 2.00 bits per heavy atom.